The van der Waals surface area contributed by atoms with Crippen LogP contribution in [0, 0.1) is 0 Å². The summed E-state index contributed by atoms with van der Waals surface area (Å²) >= 11 is 0. The minimum atomic E-state index is -0.966. The van der Waals surface area contributed by atoms with E-state index in [9.17, 15) is 4.79 Å². The largest absolute Gasteiger partial charge is 0.480 e. The SMILES string of the molecule is CNC(CC(N)C(=O)O)c1ccc(C(C)(C)C)cc1. The van der Waals surface area contributed by atoms with Crippen LogP contribution in [0.1, 0.15) is 44.4 Å². The van der Waals surface area contributed by atoms with Crippen LogP contribution < -0.4 is 11.1 Å². The summed E-state index contributed by atoms with van der Waals surface area (Å²) < 4.78 is 0. The standard InChI is InChI=1S/C15H24N2O2/c1-15(2,3)11-7-5-10(6-8-11)13(17-4)9-12(16)14(18)19/h5-8,12-13,17H,9,16H2,1-4H3,(H,18,19). The Morgan fingerprint density at radius 2 is 1.84 bits per heavy atom. The molecule has 0 bridgehead atoms. The van der Waals surface area contributed by atoms with Crippen LogP contribution >= 0.6 is 0 Å². The fourth-order valence-electron chi connectivity index (χ4n) is 1.99. The van der Waals surface area contributed by atoms with Gasteiger partial charge in [0.2, 0.25) is 0 Å². The topological polar surface area (TPSA) is 75.3 Å². The molecule has 4 nitrogen and oxygen atoms in total. The zero-order valence-corrected chi connectivity index (χ0v) is 12.1. The first kappa shape index (κ1) is 15.7. The predicted octanol–water partition coefficient (Wildman–Crippen LogP) is 2.05. The number of hydrogen-bond acceptors (Lipinski definition) is 3. The number of carboxylic acid groups (broad SMARTS) is 1. The highest BCUT2D eigenvalue weighted by atomic mass is 16.4. The van der Waals surface area contributed by atoms with E-state index < -0.39 is 12.0 Å². The zero-order valence-electron chi connectivity index (χ0n) is 12.1. The molecule has 19 heavy (non-hydrogen) atoms. The number of nitrogens with two attached hydrogens (primary N) is 1. The fourth-order valence-corrected chi connectivity index (χ4v) is 1.99. The van der Waals surface area contributed by atoms with Gasteiger partial charge in [-0.05, 0) is 30.0 Å². The second kappa shape index (κ2) is 6.17. The molecule has 0 heterocycles. The molecule has 0 radical (unpaired) electrons. The van der Waals surface area contributed by atoms with Crippen LogP contribution in [0.2, 0.25) is 0 Å². The Morgan fingerprint density at radius 1 is 1.32 bits per heavy atom. The summed E-state index contributed by atoms with van der Waals surface area (Å²) in [5, 5.41) is 12.0. The van der Waals surface area contributed by atoms with Crippen LogP contribution in [-0.2, 0) is 10.2 Å². The van der Waals surface area contributed by atoms with E-state index in [2.05, 4.69) is 38.2 Å². The van der Waals surface area contributed by atoms with Gasteiger partial charge in [-0.3, -0.25) is 4.79 Å². The molecule has 0 fully saturated rings. The third kappa shape index (κ3) is 4.33. The number of carboxylic acids is 1. The van der Waals surface area contributed by atoms with Gasteiger partial charge in [-0.1, -0.05) is 45.0 Å². The molecule has 4 heteroatoms. The first-order valence-electron chi connectivity index (χ1n) is 6.51. The van der Waals surface area contributed by atoms with Gasteiger partial charge in [0.05, 0.1) is 0 Å². The van der Waals surface area contributed by atoms with Crippen LogP contribution in [0.4, 0.5) is 0 Å². The average Bonchev–Trinajstić information content (AvgIpc) is 2.34. The van der Waals surface area contributed by atoms with Crippen LogP contribution in [0.5, 0.6) is 0 Å². The summed E-state index contributed by atoms with van der Waals surface area (Å²) in [6, 6.07) is 7.37. The van der Waals surface area contributed by atoms with Crippen LogP contribution in [0.25, 0.3) is 0 Å². The van der Waals surface area contributed by atoms with Crippen molar-refractivity contribution in [2.45, 2.75) is 44.7 Å². The second-order valence-electron chi connectivity index (χ2n) is 5.89. The molecule has 1 aromatic carbocycles. The first-order chi connectivity index (χ1) is 8.75. The Labute approximate surface area is 115 Å². The van der Waals surface area contributed by atoms with Crippen molar-refractivity contribution in [1.82, 2.24) is 5.32 Å². The molecule has 1 aromatic rings. The summed E-state index contributed by atoms with van der Waals surface area (Å²) in [4.78, 5) is 10.8. The smallest absolute Gasteiger partial charge is 0.320 e. The molecule has 0 spiro atoms. The number of aliphatic carboxylic acids is 1. The second-order valence-corrected chi connectivity index (χ2v) is 5.89. The van der Waals surface area contributed by atoms with Crippen LogP contribution in [0.15, 0.2) is 24.3 Å². The van der Waals surface area contributed by atoms with Crippen molar-refractivity contribution in [1.29, 1.82) is 0 Å². The van der Waals surface area contributed by atoms with E-state index in [-0.39, 0.29) is 11.5 Å². The molecule has 0 aliphatic rings. The summed E-state index contributed by atoms with van der Waals surface area (Å²) in [7, 11) is 1.82. The molecule has 0 aliphatic heterocycles. The van der Waals surface area contributed by atoms with Gasteiger partial charge in [0.1, 0.15) is 6.04 Å². The normalized spacial score (nSPS) is 15.0. The molecule has 0 saturated heterocycles. The van der Waals surface area contributed by atoms with Crippen LogP contribution in [-0.4, -0.2) is 24.2 Å². The number of benzene rings is 1. The van der Waals surface area contributed by atoms with Crippen molar-refractivity contribution >= 4 is 5.97 Å². The zero-order chi connectivity index (χ0) is 14.6. The summed E-state index contributed by atoms with van der Waals surface area (Å²) in [5.41, 5.74) is 8.03. The van der Waals surface area contributed by atoms with Crippen molar-refractivity contribution < 1.29 is 9.90 Å². The molecular weight excluding hydrogens is 240 g/mol. The van der Waals surface area contributed by atoms with Gasteiger partial charge in [0.25, 0.3) is 0 Å². The Kier molecular flexibility index (Phi) is 5.09. The lowest BCUT2D eigenvalue weighted by atomic mass is 9.86. The van der Waals surface area contributed by atoms with E-state index in [0.29, 0.717) is 6.42 Å². The summed E-state index contributed by atoms with van der Waals surface area (Å²) in [6.07, 6.45) is 0.376. The Balaban J connectivity index is 2.85. The van der Waals surface area contributed by atoms with Crippen molar-refractivity contribution in [2.24, 2.45) is 5.73 Å². The molecule has 0 aromatic heterocycles. The number of rotatable bonds is 5. The highest BCUT2D eigenvalue weighted by Gasteiger charge is 2.20. The van der Waals surface area contributed by atoms with Crippen molar-refractivity contribution in [3.05, 3.63) is 35.4 Å². The van der Waals surface area contributed by atoms with Crippen molar-refractivity contribution in [2.75, 3.05) is 7.05 Å². The maximum absolute atomic E-state index is 10.8. The molecule has 0 amide bonds. The fraction of sp³-hybridized carbons (Fsp3) is 0.533. The lowest BCUT2D eigenvalue weighted by molar-refractivity contribution is -0.138. The average molecular weight is 264 g/mol. The Morgan fingerprint density at radius 3 is 2.21 bits per heavy atom. The first-order valence-corrected chi connectivity index (χ1v) is 6.51. The maximum Gasteiger partial charge on any atom is 0.320 e. The van der Waals surface area contributed by atoms with Gasteiger partial charge in [-0.25, -0.2) is 0 Å². The van der Waals surface area contributed by atoms with Crippen LogP contribution in [0.3, 0.4) is 0 Å². The van der Waals surface area contributed by atoms with Gasteiger partial charge in [-0.2, -0.15) is 0 Å². The van der Waals surface area contributed by atoms with E-state index >= 15 is 0 Å². The van der Waals surface area contributed by atoms with E-state index in [0.717, 1.165) is 5.56 Å². The molecule has 106 valence electrons. The minimum absolute atomic E-state index is 0.0416. The van der Waals surface area contributed by atoms with E-state index in [1.54, 1.807) is 0 Å². The monoisotopic (exact) mass is 264 g/mol. The highest BCUT2D eigenvalue weighted by molar-refractivity contribution is 5.73. The van der Waals surface area contributed by atoms with E-state index in [1.807, 2.05) is 19.2 Å². The third-order valence-corrected chi connectivity index (χ3v) is 3.33. The summed E-state index contributed by atoms with van der Waals surface area (Å²) in [6.45, 7) is 6.49. The van der Waals surface area contributed by atoms with Crippen molar-refractivity contribution in [3.63, 3.8) is 0 Å². The Bertz CT molecular complexity index is 421. The van der Waals surface area contributed by atoms with Crippen molar-refractivity contribution in [3.8, 4) is 0 Å². The highest BCUT2D eigenvalue weighted by Crippen LogP contribution is 2.25. The summed E-state index contributed by atoms with van der Waals surface area (Å²) in [5.74, 6) is -0.966. The number of hydrogen-bond donors (Lipinski definition) is 3. The molecule has 4 N–H and O–H groups in total. The molecule has 0 saturated carbocycles. The molecule has 2 unspecified atom stereocenters. The molecule has 1 rings (SSSR count). The van der Waals surface area contributed by atoms with Gasteiger partial charge in [0, 0.05) is 6.04 Å². The Hall–Kier alpha value is -1.39. The van der Waals surface area contributed by atoms with Gasteiger partial charge in [-0.15, -0.1) is 0 Å². The van der Waals surface area contributed by atoms with Gasteiger partial charge >= 0.3 is 5.97 Å². The van der Waals surface area contributed by atoms with Gasteiger partial charge in [0.15, 0.2) is 0 Å². The maximum atomic E-state index is 10.8. The van der Waals surface area contributed by atoms with E-state index in [4.69, 9.17) is 10.8 Å². The molecule has 0 aliphatic carbocycles. The minimum Gasteiger partial charge on any atom is -0.480 e. The number of carbonyl (C=O) groups is 1. The lowest BCUT2D eigenvalue weighted by Gasteiger charge is -2.22. The van der Waals surface area contributed by atoms with E-state index in [1.165, 1.54) is 5.56 Å². The number of nitrogens with one attached hydrogen (secondary N) is 1. The third-order valence-electron chi connectivity index (χ3n) is 3.33. The van der Waals surface area contributed by atoms with Gasteiger partial charge < -0.3 is 16.2 Å². The predicted molar refractivity (Wildman–Crippen MR) is 77.2 cm³/mol. The quantitative estimate of drug-likeness (QED) is 0.761. The lowest BCUT2D eigenvalue weighted by Crippen LogP contribution is -2.34. The molecule has 2 atom stereocenters. The molecular formula is C15H24N2O2.